The van der Waals surface area contributed by atoms with Crippen molar-refractivity contribution in [3.05, 3.63) is 29.8 Å². The maximum atomic E-state index is 11.7. The molecule has 92 valence electrons. The number of benzene rings is 1. The Balaban J connectivity index is 2.08. The van der Waals surface area contributed by atoms with Crippen LogP contribution < -0.4 is 4.74 Å². The molecule has 2 rings (SSSR count). The quantitative estimate of drug-likeness (QED) is 0.802. The van der Waals surface area contributed by atoms with Crippen molar-refractivity contribution in [1.82, 2.24) is 4.90 Å². The molecule has 1 aromatic carbocycles. The van der Waals surface area contributed by atoms with Gasteiger partial charge in [-0.05, 0) is 31.5 Å². The standard InChI is InChI=1S/C14H19NO2/c1-14(2)13(16)8-9-15(14)10-11-4-6-12(17-3)7-5-11/h4-7H,8-10H2,1-3H3. The molecule has 0 atom stereocenters. The van der Waals surface area contributed by atoms with E-state index in [0.29, 0.717) is 12.2 Å². The largest absolute Gasteiger partial charge is 0.497 e. The van der Waals surface area contributed by atoms with Gasteiger partial charge in [0.2, 0.25) is 0 Å². The molecule has 0 aromatic heterocycles. The number of ether oxygens (including phenoxy) is 1. The molecule has 3 heteroatoms. The number of methoxy groups -OCH3 is 1. The number of likely N-dealkylation sites (tertiary alicyclic amines) is 1. The Hall–Kier alpha value is -1.35. The molecule has 0 aliphatic carbocycles. The van der Waals surface area contributed by atoms with Crippen LogP contribution in [0.25, 0.3) is 0 Å². The molecule has 1 aromatic rings. The van der Waals surface area contributed by atoms with E-state index in [4.69, 9.17) is 4.74 Å². The smallest absolute Gasteiger partial charge is 0.153 e. The average Bonchev–Trinajstić information content (AvgIpc) is 2.57. The SMILES string of the molecule is COc1ccc(CN2CCC(=O)C2(C)C)cc1. The van der Waals surface area contributed by atoms with Gasteiger partial charge in [-0.25, -0.2) is 0 Å². The fraction of sp³-hybridized carbons (Fsp3) is 0.500. The minimum atomic E-state index is -0.320. The minimum absolute atomic E-state index is 0.320. The van der Waals surface area contributed by atoms with E-state index in [2.05, 4.69) is 17.0 Å². The van der Waals surface area contributed by atoms with Gasteiger partial charge in [-0.1, -0.05) is 12.1 Å². The zero-order valence-corrected chi connectivity index (χ0v) is 10.7. The molecule has 0 saturated carbocycles. The van der Waals surface area contributed by atoms with Crippen molar-refractivity contribution in [2.24, 2.45) is 0 Å². The zero-order valence-electron chi connectivity index (χ0n) is 10.7. The van der Waals surface area contributed by atoms with Crippen LogP contribution in [0.2, 0.25) is 0 Å². The number of carbonyl (C=O) groups is 1. The van der Waals surface area contributed by atoms with Gasteiger partial charge in [0.25, 0.3) is 0 Å². The number of rotatable bonds is 3. The normalized spacial score (nSPS) is 19.6. The minimum Gasteiger partial charge on any atom is -0.497 e. The van der Waals surface area contributed by atoms with Gasteiger partial charge in [0.05, 0.1) is 12.6 Å². The van der Waals surface area contributed by atoms with Gasteiger partial charge in [-0.15, -0.1) is 0 Å². The molecular weight excluding hydrogens is 214 g/mol. The second-order valence-electron chi connectivity index (χ2n) is 5.00. The molecule has 3 nitrogen and oxygen atoms in total. The van der Waals surface area contributed by atoms with Crippen LogP contribution in [0.1, 0.15) is 25.8 Å². The van der Waals surface area contributed by atoms with E-state index in [0.717, 1.165) is 18.8 Å². The summed E-state index contributed by atoms with van der Waals surface area (Å²) in [6.07, 6.45) is 0.670. The Bertz CT molecular complexity index is 409. The number of hydrogen-bond acceptors (Lipinski definition) is 3. The molecule has 1 aliphatic rings. The van der Waals surface area contributed by atoms with E-state index in [1.54, 1.807) is 7.11 Å². The van der Waals surface area contributed by atoms with E-state index < -0.39 is 0 Å². The summed E-state index contributed by atoms with van der Waals surface area (Å²) in [5.74, 6) is 1.21. The molecule has 0 spiro atoms. The Morgan fingerprint density at radius 2 is 1.94 bits per heavy atom. The Kier molecular flexibility index (Phi) is 3.20. The first kappa shape index (κ1) is 12.1. The van der Waals surface area contributed by atoms with Crippen molar-refractivity contribution < 1.29 is 9.53 Å². The van der Waals surface area contributed by atoms with Gasteiger partial charge in [-0.3, -0.25) is 9.69 Å². The molecule has 0 amide bonds. The summed E-state index contributed by atoms with van der Waals surface area (Å²) in [6.45, 7) is 5.69. The maximum absolute atomic E-state index is 11.7. The third-order valence-electron chi connectivity index (χ3n) is 3.61. The number of Topliss-reactive ketones (excluding diaryl/α,β-unsaturated/α-hetero) is 1. The van der Waals surface area contributed by atoms with Gasteiger partial charge < -0.3 is 4.74 Å². The van der Waals surface area contributed by atoms with E-state index in [-0.39, 0.29) is 5.54 Å². The molecule has 17 heavy (non-hydrogen) atoms. The summed E-state index contributed by atoms with van der Waals surface area (Å²) in [7, 11) is 1.66. The second kappa shape index (κ2) is 4.49. The van der Waals surface area contributed by atoms with Gasteiger partial charge >= 0.3 is 0 Å². The van der Waals surface area contributed by atoms with Crippen molar-refractivity contribution in [2.75, 3.05) is 13.7 Å². The third-order valence-corrected chi connectivity index (χ3v) is 3.61. The highest BCUT2D eigenvalue weighted by molar-refractivity contribution is 5.89. The fourth-order valence-electron chi connectivity index (χ4n) is 2.23. The highest BCUT2D eigenvalue weighted by Gasteiger charge is 2.39. The van der Waals surface area contributed by atoms with Gasteiger partial charge in [0, 0.05) is 19.5 Å². The van der Waals surface area contributed by atoms with Crippen LogP contribution >= 0.6 is 0 Å². The van der Waals surface area contributed by atoms with Crippen LogP contribution in [0, 0.1) is 0 Å². The molecule has 0 bridgehead atoms. The first-order valence-corrected chi connectivity index (χ1v) is 5.95. The number of hydrogen-bond donors (Lipinski definition) is 0. The van der Waals surface area contributed by atoms with Crippen molar-refractivity contribution >= 4 is 5.78 Å². The van der Waals surface area contributed by atoms with E-state index in [9.17, 15) is 4.79 Å². The molecule has 1 fully saturated rings. The number of ketones is 1. The molecule has 0 N–H and O–H groups in total. The molecule has 0 unspecified atom stereocenters. The predicted molar refractivity (Wildman–Crippen MR) is 67.1 cm³/mol. The van der Waals surface area contributed by atoms with Crippen LogP contribution in [0.15, 0.2) is 24.3 Å². The van der Waals surface area contributed by atoms with Crippen LogP contribution in [-0.4, -0.2) is 29.9 Å². The molecular formula is C14H19NO2. The topological polar surface area (TPSA) is 29.5 Å². The number of nitrogens with zero attached hydrogens (tertiary/aromatic N) is 1. The van der Waals surface area contributed by atoms with Crippen molar-refractivity contribution in [3.8, 4) is 5.75 Å². The first-order chi connectivity index (χ1) is 8.04. The number of carbonyl (C=O) groups excluding carboxylic acids is 1. The Labute approximate surface area is 102 Å². The molecule has 0 radical (unpaired) electrons. The zero-order chi connectivity index (χ0) is 12.5. The highest BCUT2D eigenvalue weighted by Crippen LogP contribution is 2.27. The summed E-state index contributed by atoms with van der Waals surface area (Å²) in [6, 6.07) is 8.02. The fourth-order valence-corrected chi connectivity index (χ4v) is 2.23. The summed E-state index contributed by atoms with van der Waals surface area (Å²) in [5, 5.41) is 0. The lowest BCUT2D eigenvalue weighted by Crippen LogP contribution is -2.42. The summed E-state index contributed by atoms with van der Waals surface area (Å²) in [5.41, 5.74) is 0.897. The van der Waals surface area contributed by atoms with E-state index in [1.807, 2.05) is 26.0 Å². The predicted octanol–water partition coefficient (Wildman–Crippen LogP) is 2.25. The van der Waals surface area contributed by atoms with Gasteiger partial charge in [0.1, 0.15) is 5.75 Å². The van der Waals surface area contributed by atoms with Gasteiger partial charge in [0.15, 0.2) is 5.78 Å². The highest BCUT2D eigenvalue weighted by atomic mass is 16.5. The summed E-state index contributed by atoms with van der Waals surface area (Å²) >= 11 is 0. The summed E-state index contributed by atoms with van der Waals surface area (Å²) in [4.78, 5) is 14.0. The third kappa shape index (κ3) is 2.34. The average molecular weight is 233 g/mol. The first-order valence-electron chi connectivity index (χ1n) is 5.95. The van der Waals surface area contributed by atoms with Crippen LogP contribution in [0.4, 0.5) is 0 Å². The maximum Gasteiger partial charge on any atom is 0.153 e. The lowest BCUT2D eigenvalue weighted by Gasteiger charge is -2.29. The van der Waals surface area contributed by atoms with E-state index in [1.165, 1.54) is 5.56 Å². The lowest BCUT2D eigenvalue weighted by atomic mass is 10.00. The molecule has 1 saturated heterocycles. The lowest BCUT2D eigenvalue weighted by molar-refractivity contribution is -0.123. The van der Waals surface area contributed by atoms with Crippen LogP contribution in [0.5, 0.6) is 5.75 Å². The molecule has 1 aliphatic heterocycles. The van der Waals surface area contributed by atoms with Gasteiger partial charge in [-0.2, -0.15) is 0 Å². The van der Waals surface area contributed by atoms with Crippen molar-refractivity contribution in [1.29, 1.82) is 0 Å². The second-order valence-corrected chi connectivity index (χ2v) is 5.00. The van der Waals surface area contributed by atoms with Crippen LogP contribution in [-0.2, 0) is 11.3 Å². The Morgan fingerprint density at radius 1 is 1.29 bits per heavy atom. The van der Waals surface area contributed by atoms with Crippen LogP contribution in [0.3, 0.4) is 0 Å². The summed E-state index contributed by atoms with van der Waals surface area (Å²) < 4.78 is 5.13. The van der Waals surface area contributed by atoms with Crippen molar-refractivity contribution in [3.63, 3.8) is 0 Å². The van der Waals surface area contributed by atoms with Crippen molar-refractivity contribution in [2.45, 2.75) is 32.4 Å². The Morgan fingerprint density at radius 3 is 2.41 bits per heavy atom. The monoisotopic (exact) mass is 233 g/mol. The van der Waals surface area contributed by atoms with E-state index >= 15 is 0 Å². The molecule has 1 heterocycles.